The number of hydrogen-bond acceptors (Lipinski definition) is 9. The minimum atomic E-state index is -4.35. The number of amides is 1. The van der Waals surface area contributed by atoms with Crippen LogP contribution >= 0.6 is 12.6 Å². The van der Waals surface area contributed by atoms with Gasteiger partial charge in [-0.15, -0.1) is 12.6 Å². The molecule has 3 N–H and O–H groups in total. The van der Waals surface area contributed by atoms with E-state index in [-0.39, 0.29) is 28.4 Å². The molecule has 5 rings (SSSR count). The second-order valence-electron chi connectivity index (χ2n) is 11.0. The molecule has 0 unspecified atom stereocenters. The van der Waals surface area contributed by atoms with E-state index >= 15 is 0 Å². The molecular formula is C33H36N4O5S2. The Balaban J connectivity index is 1.67. The summed E-state index contributed by atoms with van der Waals surface area (Å²) in [5.41, 5.74) is 10.4. The van der Waals surface area contributed by atoms with Crippen LogP contribution in [0.3, 0.4) is 0 Å². The van der Waals surface area contributed by atoms with Crippen molar-refractivity contribution in [3.8, 4) is 5.75 Å². The first-order valence-electron chi connectivity index (χ1n) is 14.4. The van der Waals surface area contributed by atoms with Crippen LogP contribution < -0.4 is 15.2 Å². The number of ether oxygens (including phenoxy) is 2. The number of nitrogen functional groups attached to an aromatic ring is 1. The zero-order valence-corrected chi connectivity index (χ0v) is 26.8. The van der Waals surface area contributed by atoms with Crippen LogP contribution in [-0.2, 0) is 14.8 Å². The smallest absolute Gasteiger partial charge is 0.281 e. The van der Waals surface area contributed by atoms with Gasteiger partial charge in [0, 0.05) is 18.1 Å². The fourth-order valence-electron chi connectivity index (χ4n) is 5.39. The number of thiol groups is 1. The van der Waals surface area contributed by atoms with Gasteiger partial charge in [-0.3, -0.25) is 4.79 Å². The van der Waals surface area contributed by atoms with Crippen LogP contribution in [0.25, 0.3) is 22.0 Å². The molecule has 1 saturated heterocycles. The summed E-state index contributed by atoms with van der Waals surface area (Å²) in [4.78, 5) is 23.7. The Morgan fingerprint density at radius 1 is 1.02 bits per heavy atom. The number of allylic oxidation sites excluding steroid dienone is 2. The van der Waals surface area contributed by atoms with Gasteiger partial charge in [0.25, 0.3) is 15.9 Å². The predicted octanol–water partition coefficient (Wildman–Crippen LogP) is 6.07. The fraction of sp³-hybridized carbons (Fsp3) is 0.303. The molecule has 3 heterocycles. The van der Waals surface area contributed by atoms with E-state index in [9.17, 15) is 13.2 Å². The van der Waals surface area contributed by atoms with E-state index < -0.39 is 15.9 Å². The monoisotopic (exact) mass is 632 g/mol. The Bertz CT molecular complexity index is 1870. The van der Waals surface area contributed by atoms with Gasteiger partial charge in [0.15, 0.2) is 5.03 Å². The summed E-state index contributed by atoms with van der Waals surface area (Å²) in [6.07, 6.45) is 1.56. The number of pyridine rings is 2. The van der Waals surface area contributed by atoms with Gasteiger partial charge >= 0.3 is 0 Å². The number of carbonyl (C=O) groups excluding carboxylic acids is 1. The fourth-order valence-corrected chi connectivity index (χ4v) is 6.66. The molecule has 230 valence electrons. The first-order valence-corrected chi connectivity index (χ1v) is 16.3. The Kier molecular flexibility index (Phi) is 9.28. The normalized spacial score (nSPS) is 15.5. The Morgan fingerprint density at radius 3 is 2.45 bits per heavy atom. The third kappa shape index (κ3) is 6.59. The number of carbonyl (C=O) groups is 1. The number of fused-ring (bicyclic) bond motifs is 1. The lowest BCUT2D eigenvalue weighted by Crippen LogP contribution is -2.32. The molecule has 1 amide bonds. The van der Waals surface area contributed by atoms with Gasteiger partial charge in [-0.2, -0.15) is 8.42 Å². The van der Waals surface area contributed by atoms with Crippen molar-refractivity contribution >= 4 is 56.4 Å². The Morgan fingerprint density at radius 2 is 1.75 bits per heavy atom. The zero-order valence-electron chi connectivity index (χ0n) is 25.1. The van der Waals surface area contributed by atoms with E-state index in [1.54, 1.807) is 6.07 Å². The van der Waals surface area contributed by atoms with Crippen molar-refractivity contribution in [3.05, 3.63) is 83.0 Å². The molecule has 44 heavy (non-hydrogen) atoms. The zero-order chi connectivity index (χ0) is 31.6. The van der Waals surface area contributed by atoms with E-state index in [1.807, 2.05) is 64.1 Å². The maximum absolute atomic E-state index is 14.0. The average molecular weight is 633 g/mol. The number of hydrogen-bond donors (Lipinski definition) is 3. The van der Waals surface area contributed by atoms with Crippen LogP contribution in [0.5, 0.6) is 5.75 Å². The van der Waals surface area contributed by atoms with Crippen molar-refractivity contribution in [2.75, 3.05) is 18.9 Å². The Labute approximate surface area is 263 Å². The number of rotatable bonds is 8. The van der Waals surface area contributed by atoms with Crippen molar-refractivity contribution in [2.45, 2.75) is 56.6 Å². The van der Waals surface area contributed by atoms with Crippen LogP contribution in [0.15, 0.2) is 70.6 Å². The molecule has 0 spiro atoms. The molecule has 1 atom stereocenters. The number of aromatic nitrogens is 2. The molecule has 1 fully saturated rings. The van der Waals surface area contributed by atoms with E-state index in [4.69, 9.17) is 20.2 Å². The van der Waals surface area contributed by atoms with E-state index in [0.717, 1.165) is 40.0 Å². The first-order chi connectivity index (χ1) is 21.0. The van der Waals surface area contributed by atoms with Gasteiger partial charge < -0.3 is 15.2 Å². The number of nitrogens with zero attached hydrogens (tertiary/aromatic N) is 2. The third-order valence-electron chi connectivity index (χ3n) is 8.11. The van der Waals surface area contributed by atoms with Crippen LogP contribution in [-0.4, -0.2) is 43.6 Å². The molecule has 2 aromatic carbocycles. The van der Waals surface area contributed by atoms with Crippen molar-refractivity contribution in [3.63, 3.8) is 0 Å². The van der Waals surface area contributed by atoms with Gasteiger partial charge in [-0.25, -0.2) is 14.7 Å². The molecule has 4 aromatic rings. The Hall–Kier alpha value is -3.93. The summed E-state index contributed by atoms with van der Waals surface area (Å²) in [5, 5.41) is 0.0727. The topological polar surface area (TPSA) is 134 Å². The van der Waals surface area contributed by atoms with E-state index in [2.05, 4.69) is 22.3 Å². The molecule has 1 aliphatic rings. The second-order valence-corrected chi connectivity index (χ2v) is 13.1. The quantitative estimate of drug-likeness (QED) is 0.199. The summed E-state index contributed by atoms with van der Waals surface area (Å²) >= 11 is 4.63. The molecule has 0 bridgehead atoms. The van der Waals surface area contributed by atoms with Crippen molar-refractivity contribution in [2.24, 2.45) is 5.92 Å². The van der Waals surface area contributed by atoms with Crippen LogP contribution in [0.4, 0.5) is 5.82 Å². The van der Waals surface area contributed by atoms with Gasteiger partial charge in [0.2, 0.25) is 0 Å². The highest BCUT2D eigenvalue weighted by Crippen LogP contribution is 2.36. The van der Waals surface area contributed by atoms with E-state index in [1.165, 1.54) is 18.2 Å². The predicted molar refractivity (Wildman–Crippen MR) is 175 cm³/mol. The molecule has 2 aromatic heterocycles. The molecular weight excluding hydrogens is 597 g/mol. The summed E-state index contributed by atoms with van der Waals surface area (Å²) < 4.78 is 40.7. The second kappa shape index (κ2) is 13.0. The number of nitrogens with two attached hydrogens (primary N) is 1. The number of anilines is 1. The summed E-state index contributed by atoms with van der Waals surface area (Å²) in [6, 6.07) is 17.3. The maximum Gasteiger partial charge on any atom is 0.281 e. The SMILES string of the molecule is C/C(=C(/C)c1ccccc1S)c1cc(C(=O)NS(=O)(=O)c2cccc(N)n2)c2c(O[C@H](C)C3CCOCC3)ccc(C)c2n1. The van der Waals surface area contributed by atoms with Gasteiger partial charge in [0.05, 0.1) is 28.3 Å². The number of benzene rings is 2. The van der Waals surface area contributed by atoms with Crippen molar-refractivity contribution in [1.82, 2.24) is 14.7 Å². The number of aryl methyl sites for hydroxylation is 1. The van der Waals surface area contributed by atoms with Crippen LogP contribution in [0.2, 0.25) is 0 Å². The van der Waals surface area contributed by atoms with Crippen LogP contribution in [0, 0.1) is 12.8 Å². The van der Waals surface area contributed by atoms with Gasteiger partial charge in [-0.1, -0.05) is 30.3 Å². The van der Waals surface area contributed by atoms with Crippen molar-refractivity contribution < 1.29 is 22.7 Å². The highest BCUT2D eigenvalue weighted by Gasteiger charge is 2.27. The largest absolute Gasteiger partial charge is 0.490 e. The minimum absolute atomic E-state index is 0.0195. The highest BCUT2D eigenvalue weighted by atomic mass is 32.2. The summed E-state index contributed by atoms with van der Waals surface area (Å²) in [7, 11) is -4.35. The third-order valence-corrected chi connectivity index (χ3v) is 9.74. The lowest BCUT2D eigenvalue weighted by Gasteiger charge is -2.29. The lowest BCUT2D eigenvalue weighted by molar-refractivity contribution is 0.0243. The van der Waals surface area contributed by atoms with Gasteiger partial charge in [-0.05, 0) is 99.1 Å². The average Bonchev–Trinajstić information content (AvgIpc) is 3.01. The summed E-state index contributed by atoms with van der Waals surface area (Å²) in [6.45, 7) is 9.12. The van der Waals surface area contributed by atoms with Crippen LogP contribution in [0.1, 0.15) is 60.8 Å². The molecule has 1 aliphatic heterocycles. The molecule has 0 radical (unpaired) electrons. The molecule has 0 aliphatic carbocycles. The lowest BCUT2D eigenvalue weighted by atomic mass is 9.94. The number of nitrogens with one attached hydrogen (secondary N) is 1. The maximum atomic E-state index is 14.0. The number of sulfonamides is 1. The summed E-state index contributed by atoms with van der Waals surface area (Å²) in [5.74, 6) is -0.0933. The highest BCUT2D eigenvalue weighted by molar-refractivity contribution is 7.90. The minimum Gasteiger partial charge on any atom is -0.490 e. The van der Waals surface area contributed by atoms with E-state index in [0.29, 0.717) is 35.6 Å². The molecule has 0 saturated carbocycles. The standard InChI is InChI=1S/C33H36N4O5S2/c1-19-12-13-27(42-22(4)23-14-16-41-17-15-23)31-25(33(38)37-44(39,40)30-11-7-10-29(34)36-30)18-26(35-32(19)31)21(3)20(2)24-8-5-6-9-28(24)43/h5-13,18,22-23,43H,14-17H2,1-4H3,(H2,34,36)(H,37,38)/b21-20+/t22-/m1/s1. The van der Waals surface area contributed by atoms with Crippen molar-refractivity contribution in [1.29, 1.82) is 0 Å². The molecule has 11 heteroatoms. The molecule has 9 nitrogen and oxygen atoms in total. The first kappa shape index (κ1) is 31.5. The van der Waals surface area contributed by atoms with Gasteiger partial charge in [0.1, 0.15) is 11.6 Å².